The first-order valence-electron chi connectivity index (χ1n) is 25.7. The van der Waals surface area contributed by atoms with E-state index in [4.69, 9.17) is 39.4 Å². The van der Waals surface area contributed by atoms with Gasteiger partial charge in [0.15, 0.2) is 0 Å². The van der Waals surface area contributed by atoms with Crippen LogP contribution in [0.5, 0.6) is 5.75 Å². The number of nitrogens with zero attached hydrogens (tertiary/aromatic N) is 3. The fraction of sp³-hybridized carbons (Fsp3) is 0.295. The van der Waals surface area contributed by atoms with Gasteiger partial charge in [-0.3, -0.25) is 14.6 Å². The summed E-state index contributed by atoms with van der Waals surface area (Å²) < 4.78 is 50.0. The average Bonchev–Trinajstić information content (AvgIpc) is 4.01. The van der Waals surface area contributed by atoms with Crippen LogP contribution >= 0.6 is 45.9 Å². The molecule has 2 amide bonds. The summed E-state index contributed by atoms with van der Waals surface area (Å²) in [7, 11) is 1.63. The van der Waals surface area contributed by atoms with Crippen molar-refractivity contribution < 1.29 is 27.5 Å². The molecule has 0 saturated heterocycles. The number of benzene rings is 5. The largest absolute Gasteiger partial charge is 0.496 e. The van der Waals surface area contributed by atoms with Crippen molar-refractivity contribution in [3.05, 3.63) is 182 Å². The second-order valence-corrected chi connectivity index (χ2v) is 21.9. The molecule has 5 aromatic carbocycles. The van der Waals surface area contributed by atoms with Gasteiger partial charge in [0.2, 0.25) is 0 Å². The molecular formula is C61H62Cl2F3N5O3S2. The van der Waals surface area contributed by atoms with Crippen molar-refractivity contribution in [3.63, 3.8) is 0 Å². The molecule has 0 atom stereocenters. The first-order chi connectivity index (χ1) is 36.7. The lowest BCUT2D eigenvalue weighted by molar-refractivity contribution is 0.0604. The lowest BCUT2D eigenvalue weighted by Crippen LogP contribution is -2.43. The summed E-state index contributed by atoms with van der Waals surface area (Å²) in [4.78, 5) is 36.5. The third-order valence-electron chi connectivity index (χ3n) is 14.3. The number of methoxy groups -OCH3 is 1. The van der Waals surface area contributed by atoms with E-state index >= 15 is 0 Å². The van der Waals surface area contributed by atoms with Crippen molar-refractivity contribution in [2.24, 2.45) is 11.5 Å². The van der Waals surface area contributed by atoms with Gasteiger partial charge in [0.25, 0.3) is 11.8 Å². The lowest BCUT2D eigenvalue weighted by Gasteiger charge is -2.36. The second-order valence-electron chi connectivity index (χ2n) is 19.1. The first kappa shape index (κ1) is 56.2. The third-order valence-corrected chi connectivity index (χ3v) is 17.7. The topological polar surface area (TPSA) is 115 Å². The van der Waals surface area contributed by atoms with Crippen molar-refractivity contribution in [1.29, 1.82) is 0 Å². The number of carbonyl (C=O) groups is 2. The number of amides is 2. The number of aryl methyl sites for hydroxylation is 1. The highest BCUT2D eigenvalue weighted by molar-refractivity contribution is 7.22. The minimum atomic E-state index is -0.636. The van der Waals surface area contributed by atoms with Gasteiger partial charge in [0, 0.05) is 70.9 Å². The van der Waals surface area contributed by atoms with Crippen LogP contribution in [-0.4, -0.2) is 57.9 Å². The van der Waals surface area contributed by atoms with Crippen molar-refractivity contribution in [2.45, 2.75) is 109 Å². The van der Waals surface area contributed by atoms with Crippen LogP contribution in [0.15, 0.2) is 122 Å². The molecular weight excluding hydrogens is 1040 g/mol. The smallest absolute Gasteiger partial charge is 0.266 e. The van der Waals surface area contributed by atoms with E-state index in [1.807, 2.05) is 79.2 Å². The molecule has 396 valence electrons. The zero-order chi connectivity index (χ0) is 54.2. The standard InChI is InChI=1S/C31H29ClF2N2OS.C28H27ClFN3O2S.C2H6/c1-3-19-5-8-20(9-6-19)21-7-4-18(2)22(16-21)17-36(24-12-10-23(35)11-13-24)31(37)30-28(32)27-25(33)14-15-26(34)29(27)38-30;1-35-23-12-7-17(18-4-3-13-32-15-18)14-19(23)16-33(21-10-8-20(31)9-11-21)28(34)27-26(29)25-22(30)5-2-6-24(25)36-27;1-2/h3-9,14-16,23-24H,1,10-13,17,35H2,2H3;2-7,12-15,20-21H,8-11,16,31H2,1H3;1-2H3. The number of pyridine rings is 1. The average molecular weight is 1110 g/mol. The summed E-state index contributed by atoms with van der Waals surface area (Å²) in [5, 5.41) is 0.407. The van der Waals surface area contributed by atoms with Gasteiger partial charge in [0.05, 0.1) is 27.2 Å². The van der Waals surface area contributed by atoms with E-state index in [2.05, 4.69) is 41.9 Å². The Kier molecular flexibility index (Phi) is 18.8. The zero-order valence-electron chi connectivity index (χ0n) is 43.1. The van der Waals surface area contributed by atoms with Gasteiger partial charge in [-0.1, -0.05) is 104 Å². The van der Waals surface area contributed by atoms with E-state index in [1.165, 1.54) is 17.4 Å². The Balaban J connectivity index is 0.000000195. The Hall–Kier alpha value is -6.06. The van der Waals surface area contributed by atoms with Crippen LogP contribution < -0.4 is 16.2 Å². The van der Waals surface area contributed by atoms with Crippen molar-refractivity contribution in [3.8, 4) is 28.0 Å². The van der Waals surface area contributed by atoms with Crippen LogP contribution in [0.2, 0.25) is 10.0 Å². The number of aromatic nitrogens is 1. The Labute approximate surface area is 461 Å². The summed E-state index contributed by atoms with van der Waals surface area (Å²) in [5.41, 5.74) is 20.4. The predicted octanol–water partition coefficient (Wildman–Crippen LogP) is 16.1. The van der Waals surface area contributed by atoms with Crippen LogP contribution in [0.1, 0.15) is 107 Å². The van der Waals surface area contributed by atoms with Crippen molar-refractivity contribution in [2.75, 3.05) is 7.11 Å². The molecule has 0 bridgehead atoms. The van der Waals surface area contributed by atoms with E-state index in [-0.39, 0.29) is 61.0 Å². The molecule has 0 radical (unpaired) electrons. The molecule has 2 saturated carbocycles. The molecule has 2 fully saturated rings. The van der Waals surface area contributed by atoms with Crippen LogP contribution in [0.3, 0.4) is 0 Å². The maximum Gasteiger partial charge on any atom is 0.266 e. The fourth-order valence-corrected chi connectivity index (χ4v) is 13.1. The molecule has 76 heavy (non-hydrogen) atoms. The van der Waals surface area contributed by atoms with Gasteiger partial charge in [-0.25, -0.2) is 13.2 Å². The van der Waals surface area contributed by atoms with E-state index in [1.54, 1.807) is 31.5 Å². The third kappa shape index (κ3) is 12.4. The number of nitrogens with two attached hydrogens (primary N) is 2. The van der Waals surface area contributed by atoms with Gasteiger partial charge in [-0.05, 0) is 140 Å². The minimum absolute atomic E-state index is 0.00446. The summed E-state index contributed by atoms with van der Waals surface area (Å²) >= 11 is 15.3. The number of rotatable bonds is 12. The Morgan fingerprint density at radius 3 is 1.79 bits per heavy atom. The van der Waals surface area contributed by atoms with Gasteiger partial charge < -0.3 is 26.0 Å². The lowest BCUT2D eigenvalue weighted by atomic mass is 9.90. The molecule has 0 spiro atoms. The number of hydrogen-bond acceptors (Lipinski definition) is 8. The highest BCUT2D eigenvalue weighted by Gasteiger charge is 2.34. The SMILES string of the molecule is C=Cc1ccc(-c2ccc(C)c(CN(C(=O)c3sc4c(F)ccc(F)c4c3Cl)C3CCC(N)CC3)c2)cc1.CC.COc1ccc(-c2cccnc2)cc1CN(C(=O)c1sc2cccc(F)c2c1Cl)C1CCC(N)CC1. The molecule has 8 aromatic rings. The summed E-state index contributed by atoms with van der Waals surface area (Å²) in [6.45, 7) is 10.5. The molecule has 15 heteroatoms. The van der Waals surface area contributed by atoms with E-state index in [0.29, 0.717) is 33.8 Å². The Morgan fingerprint density at radius 2 is 1.21 bits per heavy atom. The quantitative estimate of drug-likeness (QED) is 0.126. The highest BCUT2D eigenvalue weighted by Crippen LogP contribution is 2.42. The predicted molar refractivity (Wildman–Crippen MR) is 308 cm³/mol. The number of ether oxygens (including phenoxy) is 1. The molecule has 3 aromatic heterocycles. The maximum atomic E-state index is 14.6. The van der Waals surface area contributed by atoms with Crippen molar-refractivity contribution in [1.82, 2.24) is 14.8 Å². The number of thiophene rings is 2. The van der Waals surface area contributed by atoms with Gasteiger partial charge >= 0.3 is 0 Å². The normalized spacial score (nSPS) is 17.2. The van der Waals surface area contributed by atoms with Gasteiger partial charge in [0.1, 0.15) is 33.0 Å². The summed E-state index contributed by atoms with van der Waals surface area (Å²) in [5.74, 6) is -1.46. The summed E-state index contributed by atoms with van der Waals surface area (Å²) in [6, 6.07) is 31.3. The number of fused-ring (bicyclic) bond motifs is 2. The molecule has 3 heterocycles. The number of hydrogen-bond donors (Lipinski definition) is 2. The maximum absolute atomic E-state index is 14.6. The van der Waals surface area contributed by atoms with Crippen molar-refractivity contribution >= 4 is 83.9 Å². The Morgan fingerprint density at radius 1 is 0.671 bits per heavy atom. The zero-order valence-corrected chi connectivity index (χ0v) is 46.2. The van der Waals surface area contributed by atoms with E-state index < -0.39 is 17.5 Å². The monoisotopic (exact) mass is 1100 g/mol. The van der Waals surface area contributed by atoms with Crippen LogP contribution in [-0.2, 0) is 13.1 Å². The molecule has 8 nitrogen and oxygen atoms in total. The molecule has 4 N–H and O–H groups in total. The van der Waals surface area contributed by atoms with Gasteiger partial charge in [-0.2, -0.15) is 0 Å². The number of halogens is 5. The van der Waals surface area contributed by atoms with Crippen LogP contribution in [0.25, 0.3) is 48.5 Å². The molecule has 2 aliphatic carbocycles. The molecule has 0 unspecified atom stereocenters. The Bertz CT molecular complexity index is 3340. The molecule has 2 aliphatic rings. The van der Waals surface area contributed by atoms with Gasteiger partial charge in [-0.15, -0.1) is 22.7 Å². The van der Waals surface area contributed by atoms with E-state index in [0.717, 1.165) is 119 Å². The second kappa shape index (κ2) is 25.4. The fourth-order valence-electron chi connectivity index (χ4n) is 10.1. The molecule has 10 rings (SSSR count). The van der Waals surface area contributed by atoms with Crippen LogP contribution in [0, 0.1) is 24.4 Å². The first-order valence-corrected chi connectivity index (χ1v) is 28.1. The minimum Gasteiger partial charge on any atom is -0.496 e. The highest BCUT2D eigenvalue weighted by atomic mass is 35.5. The number of carbonyl (C=O) groups excluding carboxylic acids is 2. The summed E-state index contributed by atoms with van der Waals surface area (Å²) in [6.07, 6.45) is 11.8. The van der Waals surface area contributed by atoms with Crippen LogP contribution in [0.4, 0.5) is 13.2 Å². The van der Waals surface area contributed by atoms with E-state index in [9.17, 15) is 22.8 Å². The molecule has 0 aliphatic heterocycles.